The molecule has 128 valence electrons. The number of aromatic nitrogens is 3. The van der Waals surface area contributed by atoms with Gasteiger partial charge in [-0.15, -0.1) is 0 Å². The predicted octanol–water partition coefficient (Wildman–Crippen LogP) is -0.187. The first-order chi connectivity index (χ1) is 11.5. The van der Waals surface area contributed by atoms with Gasteiger partial charge in [-0.2, -0.15) is 4.98 Å². The second-order valence-electron chi connectivity index (χ2n) is 5.48. The van der Waals surface area contributed by atoms with Gasteiger partial charge < -0.3 is 15.5 Å². The van der Waals surface area contributed by atoms with Crippen LogP contribution in [0.4, 0.5) is 17.6 Å². The maximum Gasteiger partial charge on any atom is 0.231 e. The third-order valence-corrected chi connectivity index (χ3v) is 4.25. The van der Waals surface area contributed by atoms with Crippen LogP contribution in [0.1, 0.15) is 5.56 Å². The Balaban J connectivity index is 1.75. The summed E-state index contributed by atoms with van der Waals surface area (Å²) >= 11 is 0. The molecule has 0 saturated carbocycles. The Morgan fingerprint density at radius 1 is 1.25 bits per heavy atom. The topological polar surface area (TPSA) is 126 Å². The summed E-state index contributed by atoms with van der Waals surface area (Å²) in [4.78, 5) is 14.8. The van der Waals surface area contributed by atoms with E-state index in [9.17, 15) is 8.42 Å². The average molecular weight is 349 g/mol. The second-order valence-corrected chi connectivity index (χ2v) is 7.09. The Morgan fingerprint density at radius 2 is 2.04 bits per heavy atom. The lowest BCUT2D eigenvalue weighted by atomic mass is 10.2. The van der Waals surface area contributed by atoms with E-state index in [0.29, 0.717) is 23.1 Å². The normalized spacial score (nSPS) is 15.3. The highest BCUT2D eigenvalue weighted by atomic mass is 32.2. The van der Waals surface area contributed by atoms with E-state index >= 15 is 0 Å². The van der Waals surface area contributed by atoms with Gasteiger partial charge in [0.25, 0.3) is 0 Å². The summed E-state index contributed by atoms with van der Waals surface area (Å²) < 4.78 is 22.4. The molecule has 24 heavy (non-hydrogen) atoms. The molecule has 0 radical (unpaired) electrons. The van der Waals surface area contributed by atoms with Crippen LogP contribution in [-0.2, 0) is 15.8 Å². The van der Waals surface area contributed by atoms with Crippen LogP contribution in [0.3, 0.4) is 0 Å². The van der Waals surface area contributed by atoms with Crippen molar-refractivity contribution in [2.24, 2.45) is 5.14 Å². The number of hydrogen-bond donors (Lipinski definition) is 3. The molecular formula is C14H19N7O2S. The molecule has 2 heterocycles. The molecule has 9 nitrogen and oxygen atoms in total. The van der Waals surface area contributed by atoms with Crippen LogP contribution in [0.2, 0.25) is 0 Å². The lowest BCUT2D eigenvalue weighted by Crippen LogP contribution is -2.44. The number of anilines is 3. The highest BCUT2D eigenvalue weighted by Gasteiger charge is 2.14. The quantitative estimate of drug-likeness (QED) is 0.678. The number of primary sulfonamides is 1. The molecule has 0 amide bonds. The molecule has 0 spiro atoms. The van der Waals surface area contributed by atoms with Crippen molar-refractivity contribution in [2.75, 3.05) is 36.4 Å². The minimum atomic E-state index is -3.57. The van der Waals surface area contributed by atoms with Crippen molar-refractivity contribution in [1.29, 1.82) is 0 Å². The Kier molecular flexibility index (Phi) is 4.88. The molecule has 0 atom stereocenters. The Labute approximate surface area is 140 Å². The first-order valence-electron chi connectivity index (χ1n) is 7.51. The number of nitrogens with zero attached hydrogens (tertiary/aromatic N) is 4. The molecule has 1 saturated heterocycles. The standard InChI is InChI=1S/C14H19N7O2S/c15-24(22,23)9-11-2-1-3-12(8-11)19-13-17-10-18-14(20-13)21-6-4-16-5-7-21/h1-3,8,10,16H,4-7,9H2,(H2,15,22,23)(H,17,18,19,20). The first-order valence-corrected chi connectivity index (χ1v) is 9.22. The number of nitrogens with two attached hydrogens (primary N) is 1. The number of nitrogens with one attached hydrogen (secondary N) is 2. The summed E-state index contributed by atoms with van der Waals surface area (Å²) in [6.45, 7) is 3.47. The molecule has 1 aliphatic rings. The summed E-state index contributed by atoms with van der Waals surface area (Å²) in [7, 11) is -3.57. The molecule has 10 heteroatoms. The zero-order valence-electron chi connectivity index (χ0n) is 13.0. The van der Waals surface area contributed by atoms with E-state index in [-0.39, 0.29) is 5.75 Å². The maximum absolute atomic E-state index is 11.2. The SMILES string of the molecule is NS(=O)(=O)Cc1cccc(Nc2ncnc(N3CCNCC3)n2)c1. The molecule has 1 aromatic carbocycles. The monoisotopic (exact) mass is 349 g/mol. The molecule has 1 aromatic heterocycles. The van der Waals surface area contributed by atoms with Gasteiger partial charge in [0.05, 0.1) is 5.75 Å². The fourth-order valence-electron chi connectivity index (χ4n) is 2.47. The van der Waals surface area contributed by atoms with Gasteiger partial charge in [-0.1, -0.05) is 12.1 Å². The van der Waals surface area contributed by atoms with Gasteiger partial charge in [0.15, 0.2) is 0 Å². The van der Waals surface area contributed by atoms with Crippen molar-refractivity contribution in [3.8, 4) is 0 Å². The summed E-state index contributed by atoms with van der Waals surface area (Å²) in [6, 6.07) is 6.97. The van der Waals surface area contributed by atoms with E-state index in [2.05, 4.69) is 30.5 Å². The predicted molar refractivity (Wildman–Crippen MR) is 91.4 cm³/mol. The lowest BCUT2D eigenvalue weighted by molar-refractivity contribution is 0.579. The largest absolute Gasteiger partial charge is 0.338 e. The lowest BCUT2D eigenvalue weighted by Gasteiger charge is -2.27. The van der Waals surface area contributed by atoms with Gasteiger partial charge in [-0.3, -0.25) is 0 Å². The van der Waals surface area contributed by atoms with Crippen LogP contribution in [0, 0.1) is 0 Å². The molecule has 1 aliphatic heterocycles. The highest BCUT2D eigenvalue weighted by molar-refractivity contribution is 7.88. The summed E-state index contributed by atoms with van der Waals surface area (Å²) in [5.41, 5.74) is 1.28. The van der Waals surface area contributed by atoms with E-state index < -0.39 is 10.0 Å². The van der Waals surface area contributed by atoms with Crippen LogP contribution in [0.15, 0.2) is 30.6 Å². The second kappa shape index (κ2) is 7.07. The van der Waals surface area contributed by atoms with Crippen LogP contribution in [0.5, 0.6) is 0 Å². The number of sulfonamides is 1. The minimum absolute atomic E-state index is 0.217. The highest BCUT2D eigenvalue weighted by Crippen LogP contribution is 2.17. The molecule has 2 aromatic rings. The van der Waals surface area contributed by atoms with Gasteiger partial charge in [0.1, 0.15) is 6.33 Å². The van der Waals surface area contributed by atoms with Gasteiger partial charge in [0, 0.05) is 31.9 Å². The van der Waals surface area contributed by atoms with E-state index in [0.717, 1.165) is 26.2 Å². The van der Waals surface area contributed by atoms with Gasteiger partial charge in [-0.05, 0) is 17.7 Å². The van der Waals surface area contributed by atoms with Crippen molar-refractivity contribution >= 4 is 27.6 Å². The van der Waals surface area contributed by atoms with Crippen molar-refractivity contribution in [3.05, 3.63) is 36.2 Å². The van der Waals surface area contributed by atoms with Crippen molar-refractivity contribution in [2.45, 2.75) is 5.75 Å². The van der Waals surface area contributed by atoms with Crippen molar-refractivity contribution in [1.82, 2.24) is 20.3 Å². The van der Waals surface area contributed by atoms with Crippen LogP contribution in [0.25, 0.3) is 0 Å². The van der Waals surface area contributed by atoms with E-state index in [4.69, 9.17) is 5.14 Å². The summed E-state index contributed by atoms with van der Waals surface area (Å²) in [6.07, 6.45) is 1.46. The zero-order chi connectivity index (χ0) is 17.0. The molecular weight excluding hydrogens is 330 g/mol. The van der Waals surface area contributed by atoms with E-state index in [1.165, 1.54) is 6.33 Å². The molecule has 4 N–H and O–H groups in total. The third-order valence-electron chi connectivity index (χ3n) is 3.51. The van der Waals surface area contributed by atoms with Gasteiger partial charge in [0.2, 0.25) is 21.9 Å². The fourth-order valence-corrected chi connectivity index (χ4v) is 3.11. The fraction of sp³-hybridized carbons (Fsp3) is 0.357. The number of rotatable bonds is 5. The summed E-state index contributed by atoms with van der Waals surface area (Å²) in [5.74, 6) is 0.812. The maximum atomic E-state index is 11.2. The van der Waals surface area contributed by atoms with Gasteiger partial charge in [-0.25, -0.2) is 23.5 Å². The first kappa shape index (κ1) is 16.6. The Morgan fingerprint density at radius 3 is 2.79 bits per heavy atom. The number of hydrogen-bond acceptors (Lipinski definition) is 8. The van der Waals surface area contributed by atoms with Crippen molar-refractivity contribution in [3.63, 3.8) is 0 Å². The van der Waals surface area contributed by atoms with E-state index in [1.807, 2.05) is 0 Å². The average Bonchev–Trinajstić information content (AvgIpc) is 2.55. The van der Waals surface area contributed by atoms with Crippen LogP contribution >= 0.6 is 0 Å². The van der Waals surface area contributed by atoms with Gasteiger partial charge >= 0.3 is 0 Å². The Hall–Kier alpha value is -2.30. The molecule has 1 fully saturated rings. The minimum Gasteiger partial charge on any atom is -0.338 e. The number of benzene rings is 1. The molecule has 3 rings (SSSR count). The summed E-state index contributed by atoms with van der Waals surface area (Å²) in [5, 5.41) is 11.4. The van der Waals surface area contributed by atoms with Crippen molar-refractivity contribution < 1.29 is 8.42 Å². The van der Waals surface area contributed by atoms with E-state index in [1.54, 1.807) is 24.3 Å². The molecule has 0 bridgehead atoms. The number of piperazine rings is 1. The zero-order valence-corrected chi connectivity index (χ0v) is 13.8. The molecule has 0 unspecified atom stereocenters. The van der Waals surface area contributed by atoms with Crippen LogP contribution < -0.4 is 20.7 Å². The van der Waals surface area contributed by atoms with Crippen LogP contribution in [-0.4, -0.2) is 49.5 Å². The smallest absolute Gasteiger partial charge is 0.231 e. The Bertz CT molecular complexity index is 806. The molecule has 0 aliphatic carbocycles. The third kappa shape index (κ3) is 4.60.